The molecule has 1 atom stereocenters. The minimum Gasteiger partial charge on any atom is -0.484 e. The van der Waals surface area contributed by atoms with Gasteiger partial charge in [-0.05, 0) is 42.8 Å². The van der Waals surface area contributed by atoms with Crippen molar-refractivity contribution in [3.05, 3.63) is 64.1 Å². The molecule has 0 aliphatic rings. The summed E-state index contributed by atoms with van der Waals surface area (Å²) in [4.78, 5) is 24.0. The topological polar surface area (TPSA) is 101 Å². The van der Waals surface area contributed by atoms with E-state index in [4.69, 9.17) is 32.4 Å². The first-order valence-electron chi connectivity index (χ1n) is 9.32. The van der Waals surface area contributed by atoms with E-state index in [0.29, 0.717) is 16.0 Å². The van der Waals surface area contributed by atoms with E-state index in [-0.39, 0.29) is 42.6 Å². The van der Waals surface area contributed by atoms with Gasteiger partial charge in [-0.15, -0.1) is 0 Å². The van der Waals surface area contributed by atoms with Gasteiger partial charge in [-0.2, -0.15) is 0 Å². The van der Waals surface area contributed by atoms with Gasteiger partial charge in [0, 0.05) is 29.6 Å². The van der Waals surface area contributed by atoms with Gasteiger partial charge >= 0.3 is 0 Å². The molecule has 31 heavy (non-hydrogen) atoms. The van der Waals surface area contributed by atoms with Crippen LogP contribution in [-0.2, 0) is 4.79 Å². The molecule has 3 N–H and O–H groups in total. The van der Waals surface area contributed by atoms with E-state index < -0.39 is 23.7 Å². The van der Waals surface area contributed by atoms with Gasteiger partial charge in [-0.25, -0.2) is 4.39 Å². The van der Waals surface area contributed by atoms with Crippen LogP contribution in [0.4, 0.5) is 4.39 Å². The Hall–Kier alpha value is -2.81. The zero-order valence-electron chi connectivity index (χ0n) is 16.2. The molecular formula is C21H19Cl2FN2O5. The highest BCUT2D eigenvalue weighted by Crippen LogP contribution is 2.23. The molecule has 2 amide bonds. The molecule has 0 aliphatic carbocycles. The molecule has 2 aromatic carbocycles. The lowest BCUT2D eigenvalue weighted by Gasteiger charge is -2.12. The number of furan rings is 1. The monoisotopic (exact) mass is 468 g/mol. The Bertz CT molecular complexity index is 1090. The molecule has 0 saturated carbocycles. The Labute approximate surface area is 187 Å². The summed E-state index contributed by atoms with van der Waals surface area (Å²) < 4.78 is 23.9. The SMILES string of the molecule is O=C(COc1ccc(Cl)c(F)c1)NC[C@@H](O)CCNC(=O)c1cc2cc(Cl)ccc2o1. The largest absolute Gasteiger partial charge is 0.484 e. The molecule has 1 aromatic heterocycles. The molecule has 1 heterocycles. The molecule has 164 valence electrons. The fourth-order valence-electron chi connectivity index (χ4n) is 2.67. The van der Waals surface area contributed by atoms with Crippen molar-refractivity contribution >= 4 is 46.0 Å². The van der Waals surface area contributed by atoms with Crippen molar-refractivity contribution in [1.29, 1.82) is 0 Å². The number of hydrogen-bond acceptors (Lipinski definition) is 5. The van der Waals surface area contributed by atoms with E-state index in [2.05, 4.69) is 10.6 Å². The average Bonchev–Trinajstić information content (AvgIpc) is 3.16. The molecule has 3 rings (SSSR count). The molecule has 0 aliphatic heterocycles. The van der Waals surface area contributed by atoms with Crippen LogP contribution >= 0.6 is 23.2 Å². The van der Waals surface area contributed by atoms with Gasteiger partial charge in [-0.1, -0.05) is 23.2 Å². The first kappa shape index (κ1) is 22.9. The third-order valence-corrected chi connectivity index (χ3v) is 4.80. The van der Waals surface area contributed by atoms with Gasteiger partial charge in [0.15, 0.2) is 12.4 Å². The Morgan fingerprint density at radius 2 is 1.94 bits per heavy atom. The Morgan fingerprint density at radius 3 is 2.71 bits per heavy atom. The van der Waals surface area contributed by atoms with Crippen molar-refractivity contribution in [3.8, 4) is 5.75 Å². The third-order valence-electron chi connectivity index (χ3n) is 4.26. The lowest BCUT2D eigenvalue weighted by molar-refractivity contribution is -0.123. The maximum Gasteiger partial charge on any atom is 0.287 e. The quantitative estimate of drug-likeness (QED) is 0.445. The van der Waals surface area contributed by atoms with Gasteiger partial charge in [0.2, 0.25) is 0 Å². The first-order chi connectivity index (χ1) is 14.8. The van der Waals surface area contributed by atoms with Crippen LogP contribution in [0.5, 0.6) is 5.75 Å². The fraction of sp³-hybridized carbons (Fsp3) is 0.238. The minimum atomic E-state index is -0.883. The van der Waals surface area contributed by atoms with E-state index >= 15 is 0 Å². The van der Waals surface area contributed by atoms with E-state index in [1.807, 2.05) is 0 Å². The van der Waals surface area contributed by atoms with Crippen molar-refractivity contribution < 1.29 is 28.2 Å². The van der Waals surface area contributed by atoms with Gasteiger partial charge < -0.3 is 24.9 Å². The van der Waals surface area contributed by atoms with Crippen LogP contribution < -0.4 is 15.4 Å². The first-order valence-corrected chi connectivity index (χ1v) is 10.1. The normalized spacial score (nSPS) is 11.9. The number of halogens is 3. The van der Waals surface area contributed by atoms with Crippen LogP contribution in [0.3, 0.4) is 0 Å². The highest BCUT2D eigenvalue weighted by atomic mass is 35.5. The van der Waals surface area contributed by atoms with Crippen LogP contribution in [0.15, 0.2) is 46.9 Å². The number of fused-ring (bicyclic) bond motifs is 1. The fourth-order valence-corrected chi connectivity index (χ4v) is 2.96. The average molecular weight is 469 g/mol. The summed E-state index contributed by atoms with van der Waals surface area (Å²) in [7, 11) is 0. The van der Waals surface area contributed by atoms with Crippen molar-refractivity contribution in [3.63, 3.8) is 0 Å². The Kier molecular flexibility index (Phi) is 7.73. The lowest BCUT2D eigenvalue weighted by Crippen LogP contribution is -2.37. The summed E-state index contributed by atoms with van der Waals surface area (Å²) >= 11 is 11.5. The molecule has 3 aromatic rings. The number of aliphatic hydroxyl groups excluding tert-OH is 1. The maximum absolute atomic E-state index is 13.3. The summed E-state index contributed by atoms with van der Waals surface area (Å²) in [5.41, 5.74) is 0.542. The van der Waals surface area contributed by atoms with Crippen molar-refractivity contribution in [1.82, 2.24) is 10.6 Å². The van der Waals surface area contributed by atoms with Crippen LogP contribution in [0.25, 0.3) is 11.0 Å². The molecule has 0 saturated heterocycles. The van der Waals surface area contributed by atoms with Crippen molar-refractivity contribution in [2.45, 2.75) is 12.5 Å². The second-order valence-electron chi connectivity index (χ2n) is 6.66. The van der Waals surface area contributed by atoms with Crippen molar-refractivity contribution in [2.24, 2.45) is 0 Å². The number of carbonyl (C=O) groups is 2. The molecule has 0 radical (unpaired) electrons. The second-order valence-corrected chi connectivity index (χ2v) is 7.50. The summed E-state index contributed by atoms with van der Waals surface area (Å²) in [6.45, 7) is -0.203. The van der Waals surface area contributed by atoms with Gasteiger partial charge in [0.25, 0.3) is 11.8 Å². The maximum atomic E-state index is 13.3. The highest BCUT2D eigenvalue weighted by Gasteiger charge is 2.14. The zero-order chi connectivity index (χ0) is 22.4. The highest BCUT2D eigenvalue weighted by molar-refractivity contribution is 6.31. The van der Waals surface area contributed by atoms with Gasteiger partial charge in [0.1, 0.15) is 17.1 Å². The second kappa shape index (κ2) is 10.5. The Balaban J connectivity index is 1.35. The minimum absolute atomic E-state index is 0.0316. The number of aliphatic hydroxyl groups is 1. The predicted molar refractivity (Wildman–Crippen MR) is 114 cm³/mol. The van der Waals surface area contributed by atoms with Crippen LogP contribution in [0.2, 0.25) is 10.0 Å². The van der Waals surface area contributed by atoms with E-state index in [0.717, 1.165) is 6.07 Å². The smallest absolute Gasteiger partial charge is 0.287 e. The molecule has 0 bridgehead atoms. The zero-order valence-corrected chi connectivity index (χ0v) is 17.7. The van der Waals surface area contributed by atoms with Crippen LogP contribution in [0, 0.1) is 5.82 Å². The molecular weight excluding hydrogens is 450 g/mol. The number of rotatable bonds is 9. The molecule has 7 nitrogen and oxygen atoms in total. The van der Waals surface area contributed by atoms with Crippen LogP contribution in [-0.4, -0.2) is 42.7 Å². The van der Waals surface area contributed by atoms with Gasteiger partial charge in [0.05, 0.1) is 11.1 Å². The van der Waals surface area contributed by atoms with Gasteiger partial charge in [-0.3, -0.25) is 9.59 Å². The molecule has 10 heteroatoms. The number of benzene rings is 2. The number of hydrogen-bond donors (Lipinski definition) is 3. The molecule has 0 fully saturated rings. The van der Waals surface area contributed by atoms with Crippen molar-refractivity contribution in [2.75, 3.05) is 19.7 Å². The molecule has 0 unspecified atom stereocenters. The van der Waals surface area contributed by atoms with E-state index in [1.54, 1.807) is 24.3 Å². The summed E-state index contributed by atoms with van der Waals surface area (Å²) in [6, 6.07) is 10.4. The summed E-state index contributed by atoms with van der Waals surface area (Å²) in [6.07, 6.45) is -0.673. The summed E-state index contributed by atoms with van der Waals surface area (Å²) in [5, 5.41) is 16.3. The number of ether oxygens (including phenoxy) is 1. The predicted octanol–water partition coefficient (Wildman–Crippen LogP) is 3.55. The Morgan fingerprint density at radius 1 is 1.13 bits per heavy atom. The number of nitrogens with one attached hydrogen (secondary N) is 2. The summed E-state index contributed by atoms with van der Waals surface area (Å²) in [5.74, 6) is -1.26. The standard InChI is InChI=1S/C21H19Cl2FN2O5/c22-13-1-4-18-12(7-13)8-19(31-18)21(29)25-6-5-14(27)10-26-20(28)11-30-15-2-3-16(23)17(24)9-15/h1-4,7-9,14,27H,5-6,10-11H2,(H,25,29)(H,26,28)/t14-/m0/s1. The third kappa shape index (κ3) is 6.58. The van der Waals surface area contributed by atoms with E-state index in [9.17, 15) is 19.1 Å². The van der Waals surface area contributed by atoms with E-state index in [1.165, 1.54) is 12.1 Å². The van der Waals surface area contributed by atoms with Crippen LogP contribution in [0.1, 0.15) is 17.0 Å². The number of carbonyl (C=O) groups excluding carboxylic acids is 2. The number of amides is 2. The lowest BCUT2D eigenvalue weighted by atomic mass is 10.2. The molecule has 0 spiro atoms.